The number of nitrogens with two attached hydrogens (primary N) is 1. The summed E-state index contributed by atoms with van der Waals surface area (Å²) in [6.07, 6.45) is 4.38. The second kappa shape index (κ2) is 5.80. The molecule has 1 fully saturated rings. The molecule has 0 bridgehead atoms. The van der Waals surface area contributed by atoms with Gasteiger partial charge in [0.2, 0.25) is 5.91 Å². The molecule has 4 heteroatoms. The van der Waals surface area contributed by atoms with E-state index >= 15 is 0 Å². The average Bonchev–Trinajstić information content (AvgIpc) is 2.72. The van der Waals surface area contributed by atoms with Crippen molar-refractivity contribution in [2.24, 2.45) is 17.1 Å². The van der Waals surface area contributed by atoms with E-state index in [1.165, 1.54) is 12.8 Å². The second-order valence-corrected chi connectivity index (χ2v) is 5.89. The van der Waals surface area contributed by atoms with Crippen molar-refractivity contribution in [3.05, 3.63) is 0 Å². The van der Waals surface area contributed by atoms with Crippen molar-refractivity contribution in [2.45, 2.75) is 46.5 Å². The van der Waals surface area contributed by atoms with Crippen LogP contribution in [0.3, 0.4) is 0 Å². The van der Waals surface area contributed by atoms with Crippen LogP contribution in [-0.2, 0) is 4.79 Å². The van der Waals surface area contributed by atoms with Crippen molar-refractivity contribution in [3.8, 4) is 0 Å². The van der Waals surface area contributed by atoms with Gasteiger partial charge >= 0.3 is 0 Å². The van der Waals surface area contributed by atoms with Crippen molar-refractivity contribution >= 4 is 23.1 Å². The van der Waals surface area contributed by atoms with Gasteiger partial charge in [0.1, 0.15) is 0 Å². The fraction of sp³-hybridized carbons (Fsp3) is 0.846. The molecular formula is C13H24N2OS. The summed E-state index contributed by atoms with van der Waals surface area (Å²) >= 11 is 4.97. The Morgan fingerprint density at radius 1 is 1.47 bits per heavy atom. The van der Waals surface area contributed by atoms with Gasteiger partial charge in [-0.2, -0.15) is 0 Å². The highest BCUT2D eigenvalue weighted by Gasteiger charge is 2.38. The zero-order valence-electron chi connectivity index (χ0n) is 11.2. The maximum atomic E-state index is 12.5. The summed E-state index contributed by atoms with van der Waals surface area (Å²) < 4.78 is 0. The first-order chi connectivity index (χ1) is 7.90. The van der Waals surface area contributed by atoms with Gasteiger partial charge in [-0.15, -0.1) is 0 Å². The summed E-state index contributed by atoms with van der Waals surface area (Å²) in [7, 11) is 0. The van der Waals surface area contributed by atoms with E-state index in [4.69, 9.17) is 18.0 Å². The lowest BCUT2D eigenvalue weighted by atomic mass is 9.87. The van der Waals surface area contributed by atoms with E-state index < -0.39 is 0 Å². The van der Waals surface area contributed by atoms with E-state index in [1.54, 1.807) is 0 Å². The SMILES string of the molecule is CCN(CC(C)C(N)=S)C(=O)C1(C)CCCC1. The van der Waals surface area contributed by atoms with Gasteiger partial charge in [-0.1, -0.05) is 38.9 Å². The molecule has 1 atom stereocenters. The van der Waals surface area contributed by atoms with Crippen molar-refractivity contribution in [2.75, 3.05) is 13.1 Å². The van der Waals surface area contributed by atoms with Crippen LogP contribution in [0, 0.1) is 11.3 Å². The molecule has 1 aliphatic carbocycles. The van der Waals surface area contributed by atoms with Crippen LogP contribution >= 0.6 is 12.2 Å². The Labute approximate surface area is 110 Å². The lowest BCUT2D eigenvalue weighted by molar-refractivity contribution is -0.141. The first-order valence-electron chi connectivity index (χ1n) is 6.49. The molecule has 0 aliphatic heterocycles. The Morgan fingerprint density at radius 2 is 2.00 bits per heavy atom. The van der Waals surface area contributed by atoms with Crippen LogP contribution in [0.25, 0.3) is 0 Å². The van der Waals surface area contributed by atoms with E-state index in [1.807, 2.05) is 18.7 Å². The van der Waals surface area contributed by atoms with Gasteiger partial charge in [-0.25, -0.2) is 0 Å². The van der Waals surface area contributed by atoms with Crippen molar-refractivity contribution in [1.29, 1.82) is 0 Å². The largest absolute Gasteiger partial charge is 0.393 e. The molecule has 0 heterocycles. The van der Waals surface area contributed by atoms with Crippen LogP contribution in [0.2, 0.25) is 0 Å². The standard InChI is InChI=1S/C13H24N2OS/c1-4-15(9-10(2)11(14)17)12(16)13(3)7-5-6-8-13/h10H,4-9H2,1-3H3,(H2,14,17). The molecule has 0 radical (unpaired) electrons. The van der Waals surface area contributed by atoms with Gasteiger partial charge < -0.3 is 10.6 Å². The highest BCUT2D eigenvalue weighted by molar-refractivity contribution is 7.80. The van der Waals surface area contributed by atoms with Crippen LogP contribution in [0.4, 0.5) is 0 Å². The summed E-state index contributed by atoms with van der Waals surface area (Å²) in [4.78, 5) is 14.9. The molecule has 2 N–H and O–H groups in total. The van der Waals surface area contributed by atoms with Crippen LogP contribution in [-0.4, -0.2) is 28.9 Å². The monoisotopic (exact) mass is 256 g/mol. The van der Waals surface area contributed by atoms with E-state index in [2.05, 4.69) is 6.92 Å². The first-order valence-corrected chi connectivity index (χ1v) is 6.90. The number of hydrogen-bond acceptors (Lipinski definition) is 2. The van der Waals surface area contributed by atoms with E-state index in [9.17, 15) is 4.79 Å². The topological polar surface area (TPSA) is 46.3 Å². The molecule has 1 amide bonds. The quantitative estimate of drug-likeness (QED) is 0.768. The number of rotatable bonds is 5. The molecule has 0 aromatic carbocycles. The van der Waals surface area contributed by atoms with Gasteiger partial charge in [0.25, 0.3) is 0 Å². The van der Waals surface area contributed by atoms with Crippen LogP contribution in [0.15, 0.2) is 0 Å². The highest BCUT2D eigenvalue weighted by atomic mass is 32.1. The zero-order chi connectivity index (χ0) is 13.1. The fourth-order valence-corrected chi connectivity index (χ4v) is 2.60. The Kier molecular flexibility index (Phi) is 4.92. The fourth-order valence-electron chi connectivity index (χ4n) is 2.53. The third-order valence-electron chi connectivity index (χ3n) is 3.87. The Bertz CT molecular complexity index is 298. The van der Waals surface area contributed by atoms with Crippen LogP contribution in [0.5, 0.6) is 0 Å². The molecule has 17 heavy (non-hydrogen) atoms. The van der Waals surface area contributed by atoms with Gasteiger partial charge in [0.15, 0.2) is 0 Å². The summed E-state index contributed by atoms with van der Waals surface area (Å²) in [6.45, 7) is 7.48. The van der Waals surface area contributed by atoms with Crippen LogP contribution < -0.4 is 5.73 Å². The maximum absolute atomic E-state index is 12.5. The Hall–Kier alpha value is -0.640. The normalized spacial score (nSPS) is 19.9. The molecule has 1 unspecified atom stereocenters. The van der Waals surface area contributed by atoms with Gasteiger partial charge in [0, 0.05) is 24.4 Å². The first kappa shape index (κ1) is 14.4. The van der Waals surface area contributed by atoms with Crippen molar-refractivity contribution in [1.82, 2.24) is 4.90 Å². The summed E-state index contributed by atoms with van der Waals surface area (Å²) in [5, 5.41) is 0. The number of hydrogen-bond donors (Lipinski definition) is 1. The minimum Gasteiger partial charge on any atom is -0.393 e. The Morgan fingerprint density at radius 3 is 2.41 bits per heavy atom. The predicted octanol–water partition coefficient (Wildman–Crippen LogP) is 2.34. The lowest BCUT2D eigenvalue weighted by Gasteiger charge is -2.32. The molecule has 0 aromatic rings. The summed E-state index contributed by atoms with van der Waals surface area (Å²) in [5.41, 5.74) is 5.47. The molecule has 0 saturated heterocycles. The number of thiocarbonyl (C=S) groups is 1. The Balaban J connectivity index is 2.67. The van der Waals surface area contributed by atoms with Crippen LogP contribution in [0.1, 0.15) is 46.5 Å². The summed E-state index contributed by atoms with van der Waals surface area (Å²) in [6, 6.07) is 0. The van der Waals surface area contributed by atoms with E-state index in [-0.39, 0.29) is 17.2 Å². The average molecular weight is 256 g/mol. The van der Waals surface area contributed by atoms with Gasteiger partial charge in [-0.05, 0) is 19.8 Å². The molecule has 1 aliphatic rings. The van der Waals surface area contributed by atoms with Crippen molar-refractivity contribution in [3.63, 3.8) is 0 Å². The highest BCUT2D eigenvalue weighted by Crippen LogP contribution is 2.39. The number of nitrogens with zero attached hydrogens (tertiary/aromatic N) is 1. The zero-order valence-corrected chi connectivity index (χ0v) is 12.0. The number of amides is 1. The molecule has 0 spiro atoms. The molecule has 98 valence electrons. The third-order valence-corrected chi connectivity index (χ3v) is 4.27. The minimum atomic E-state index is -0.147. The molecule has 3 nitrogen and oxygen atoms in total. The molecule has 0 aromatic heterocycles. The summed E-state index contributed by atoms with van der Waals surface area (Å²) in [5.74, 6) is 0.375. The van der Waals surface area contributed by atoms with E-state index in [0.717, 1.165) is 19.4 Å². The number of carbonyl (C=O) groups excluding carboxylic acids is 1. The van der Waals surface area contributed by atoms with Gasteiger partial charge in [0.05, 0.1) is 4.99 Å². The maximum Gasteiger partial charge on any atom is 0.228 e. The molecule has 1 saturated carbocycles. The number of carbonyl (C=O) groups is 1. The third kappa shape index (κ3) is 3.41. The molecule has 1 rings (SSSR count). The van der Waals surface area contributed by atoms with Gasteiger partial charge in [-0.3, -0.25) is 4.79 Å². The minimum absolute atomic E-state index is 0.0962. The lowest BCUT2D eigenvalue weighted by Crippen LogP contribution is -2.44. The van der Waals surface area contributed by atoms with E-state index in [0.29, 0.717) is 11.5 Å². The smallest absolute Gasteiger partial charge is 0.228 e. The van der Waals surface area contributed by atoms with Crippen molar-refractivity contribution < 1.29 is 4.79 Å². The second-order valence-electron chi connectivity index (χ2n) is 5.41. The predicted molar refractivity (Wildman–Crippen MR) is 74.8 cm³/mol. The molecular weight excluding hydrogens is 232 g/mol.